The zero-order valence-corrected chi connectivity index (χ0v) is 19.2. The summed E-state index contributed by atoms with van der Waals surface area (Å²) in [7, 11) is 0. The standard InChI is InChI=1S/C25H32F3NO4/c1-14-19-9-16-8-17(11-24(14,10-16)22(31)32)21(19)29-20(30)12-23(2,3)33-13-15-4-6-18(7-5-15)25(26,27)28/h4-7,14,16-17,19,21H,8-13H2,1-3H3,(H,29,30)(H,31,32). The number of alkyl halides is 3. The maximum absolute atomic E-state index is 12.9. The molecule has 2 N–H and O–H groups in total. The first-order valence-corrected chi connectivity index (χ1v) is 11.6. The van der Waals surface area contributed by atoms with Crippen LogP contribution < -0.4 is 5.32 Å². The first-order valence-electron chi connectivity index (χ1n) is 11.6. The summed E-state index contributed by atoms with van der Waals surface area (Å²) < 4.78 is 44.0. The second-order valence-electron chi connectivity index (χ2n) is 10.9. The number of benzene rings is 1. The smallest absolute Gasteiger partial charge is 0.416 e. The first-order chi connectivity index (χ1) is 15.3. The van der Waals surface area contributed by atoms with Gasteiger partial charge in [0.05, 0.1) is 29.6 Å². The van der Waals surface area contributed by atoms with Crippen LogP contribution in [0.5, 0.6) is 0 Å². The lowest BCUT2D eigenvalue weighted by Gasteiger charge is -2.61. The summed E-state index contributed by atoms with van der Waals surface area (Å²) >= 11 is 0. The van der Waals surface area contributed by atoms with E-state index in [2.05, 4.69) is 5.32 Å². The molecule has 0 aromatic heterocycles. The van der Waals surface area contributed by atoms with E-state index < -0.39 is 28.7 Å². The highest BCUT2D eigenvalue weighted by Gasteiger charge is 2.62. The number of amides is 1. The molecule has 5 rings (SSSR count). The number of carbonyl (C=O) groups is 2. The molecule has 0 saturated heterocycles. The van der Waals surface area contributed by atoms with Crippen molar-refractivity contribution in [2.45, 2.75) is 77.3 Å². The van der Waals surface area contributed by atoms with Gasteiger partial charge in [0.2, 0.25) is 5.91 Å². The molecule has 0 spiro atoms. The van der Waals surface area contributed by atoms with Gasteiger partial charge in [0.25, 0.3) is 0 Å². The first kappa shape index (κ1) is 24.0. The average Bonchev–Trinajstić information content (AvgIpc) is 2.71. The van der Waals surface area contributed by atoms with Crippen molar-refractivity contribution in [3.63, 3.8) is 0 Å². The number of halogens is 3. The van der Waals surface area contributed by atoms with Gasteiger partial charge in [-0.1, -0.05) is 19.1 Å². The third-order valence-electron chi connectivity index (χ3n) is 8.25. The van der Waals surface area contributed by atoms with Crippen LogP contribution in [-0.4, -0.2) is 28.6 Å². The highest BCUT2D eigenvalue weighted by Crippen LogP contribution is 2.62. The zero-order valence-electron chi connectivity index (χ0n) is 19.2. The van der Waals surface area contributed by atoms with E-state index in [4.69, 9.17) is 4.74 Å². The molecular weight excluding hydrogens is 435 g/mol. The average molecular weight is 468 g/mol. The summed E-state index contributed by atoms with van der Waals surface area (Å²) in [5, 5.41) is 13.1. The van der Waals surface area contributed by atoms with Gasteiger partial charge in [-0.25, -0.2) is 0 Å². The summed E-state index contributed by atoms with van der Waals surface area (Å²) in [5.41, 5.74) is -1.56. The molecule has 0 aliphatic heterocycles. The van der Waals surface area contributed by atoms with Gasteiger partial charge < -0.3 is 15.2 Å². The van der Waals surface area contributed by atoms with Crippen LogP contribution in [0.2, 0.25) is 0 Å². The lowest BCUT2D eigenvalue weighted by Crippen LogP contribution is -2.65. The largest absolute Gasteiger partial charge is 0.481 e. The molecule has 1 amide bonds. The molecule has 6 unspecified atom stereocenters. The van der Waals surface area contributed by atoms with Gasteiger partial charge in [0.1, 0.15) is 0 Å². The summed E-state index contributed by atoms with van der Waals surface area (Å²) in [4.78, 5) is 25.0. The van der Waals surface area contributed by atoms with E-state index in [0.29, 0.717) is 17.9 Å². The fraction of sp³-hybridized carbons (Fsp3) is 0.680. The van der Waals surface area contributed by atoms with Crippen LogP contribution in [0, 0.1) is 29.1 Å². The van der Waals surface area contributed by atoms with Crippen molar-refractivity contribution in [1.29, 1.82) is 0 Å². The van der Waals surface area contributed by atoms with Crippen molar-refractivity contribution < 1.29 is 32.6 Å². The van der Waals surface area contributed by atoms with Crippen molar-refractivity contribution >= 4 is 11.9 Å². The second kappa shape index (κ2) is 8.29. The fourth-order valence-electron chi connectivity index (χ4n) is 6.63. The topological polar surface area (TPSA) is 75.6 Å². The molecule has 4 bridgehead atoms. The molecule has 33 heavy (non-hydrogen) atoms. The van der Waals surface area contributed by atoms with Gasteiger partial charge in [0, 0.05) is 6.04 Å². The van der Waals surface area contributed by atoms with E-state index in [0.717, 1.165) is 31.4 Å². The lowest BCUT2D eigenvalue weighted by molar-refractivity contribution is -0.180. The van der Waals surface area contributed by atoms with Crippen LogP contribution >= 0.6 is 0 Å². The highest BCUT2D eigenvalue weighted by molar-refractivity contribution is 5.78. The fourth-order valence-corrected chi connectivity index (χ4v) is 6.63. The third-order valence-corrected chi connectivity index (χ3v) is 8.25. The molecule has 8 heteroatoms. The summed E-state index contributed by atoms with van der Waals surface area (Å²) in [6.45, 7) is 5.70. The van der Waals surface area contributed by atoms with E-state index in [1.807, 2.05) is 6.92 Å². The molecule has 6 atom stereocenters. The SMILES string of the molecule is CC1C2CC3CC(CC1(C(=O)O)C3)C2NC(=O)CC(C)(C)OCc1ccc(C(F)(F)F)cc1. The van der Waals surface area contributed by atoms with Crippen molar-refractivity contribution in [3.05, 3.63) is 35.4 Å². The van der Waals surface area contributed by atoms with Crippen molar-refractivity contribution in [2.24, 2.45) is 29.1 Å². The number of carbonyl (C=O) groups excluding carboxylic acids is 1. The normalized spacial score (nSPS) is 33.2. The van der Waals surface area contributed by atoms with E-state index in [1.54, 1.807) is 13.8 Å². The number of ether oxygens (including phenoxy) is 1. The molecule has 1 aromatic rings. The maximum atomic E-state index is 12.9. The van der Waals surface area contributed by atoms with Gasteiger partial charge in [-0.2, -0.15) is 13.2 Å². The Hall–Kier alpha value is -2.09. The van der Waals surface area contributed by atoms with Gasteiger partial charge in [-0.3, -0.25) is 9.59 Å². The molecule has 4 aliphatic rings. The minimum absolute atomic E-state index is 0.0118. The monoisotopic (exact) mass is 467 g/mol. The Morgan fingerprint density at radius 1 is 1.15 bits per heavy atom. The molecule has 5 nitrogen and oxygen atoms in total. The Labute approximate surface area is 192 Å². The number of rotatable bonds is 7. The minimum atomic E-state index is -4.38. The van der Waals surface area contributed by atoms with Crippen molar-refractivity contribution in [2.75, 3.05) is 0 Å². The molecule has 182 valence electrons. The van der Waals surface area contributed by atoms with Crippen LogP contribution in [0.15, 0.2) is 24.3 Å². The second-order valence-corrected chi connectivity index (χ2v) is 10.9. The molecule has 4 aliphatic carbocycles. The Morgan fingerprint density at radius 2 is 1.82 bits per heavy atom. The van der Waals surface area contributed by atoms with Gasteiger partial charge in [-0.15, -0.1) is 0 Å². The summed E-state index contributed by atoms with van der Waals surface area (Å²) in [5.74, 6) is -0.0180. The zero-order chi connectivity index (χ0) is 24.2. The summed E-state index contributed by atoms with van der Waals surface area (Å²) in [6.07, 6.45) is -0.957. The quantitative estimate of drug-likeness (QED) is 0.590. The van der Waals surface area contributed by atoms with Crippen LogP contribution in [0.25, 0.3) is 0 Å². The number of hydrogen-bond donors (Lipinski definition) is 2. The van der Waals surface area contributed by atoms with E-state index in [9.17, 15) is 27.9 Å². The molecule has 4 saturated carbocycles. The molecule has 0 heterocycles. The van der Waals surface area contributed by atoms with Crippen LogP contribution in [0.3, 0.4) is 0 Å². The Balaban J connectivity index is 1.33. The number of carboxylic acids is 1. The number of aliphatic carboxylic acids is 1. The van der Waals surface area contributed by atoms with Gasteiger partial charge in [0.15, 0.2) is 0 Å². The van der Waals surface area contributed by atoms with Gasteiger partial charge >= 0.3 is 12.1 Å². The number of nitrogens with one attached hydrogen (secondary N) is 1. The molecule has 0 radical (unpaired) electrons. The third kappa shape index (κ3) is 4.63. The number of carboxylic acid groups (broad SMARTS) is 1. The van der Waals surface area contributed by atoms with Crippen LogP contribution in [-0.2, 0) is 27.1 Å². The van der Waals surface area contributed by atoms with Crippen LogP contribution in [0.1, 0.15) is 64.0 Å². The molecular formula is C25H32F3NO4. The maximum Gasteiger partial charge on any atom is 0.416 e. The van der Waals surface area contributed by atoms with E-state index >= 15 is 0 Å². The van der Waals surface area contributed by atoms with E-state index in [-0.39, 0.29) is 42.7 Å². The predicted octanol–water partition coefficient (Wildman–Crippen LogP) is 5.03. The number of hydrogen-bond acceptors (Lipinski definition) is 3. The van der Waals surface area contributed by atoms with Crippen LogP contribution in [0.4, 0.5) is 13.2 Å². The van der Waals surface area contributed by atoms with Crippen molar-refractivity contribution in [1.82, 2.24) is 5.32 Å². The highest BCUT2D eigenvalue weighted by atomic mass is 19.4. The van der Waals surface area contributed by atoms with Crippen molar-refractivity contribution in [3.8, 4) is 0 Å². The minimum Gasteiger partial charge on any atom is -0.481 e. The summed E-state index contributed by atoms with van der Waals surface area (Å²) in [6, 6.07) is 4.80. The lowest BCUT2D eigenvalue weighted by atomic mass is 9.44. The Kier molecular flexibility index (Phi) is 6.04. The molecule has 1 aromatic carbocycles. The predicted molar refractivity (Wildman–Crippen MR) is 115 cm³/mol. The molecule has 4 fully saturated rings. The Morgan fingerprint density at radius 3 is 2.42 bits per heavy atom. The Bertz CT molecular complexity index is 913. The van der Waals surface area contributed by atoms with Gasteiger partial charge in [-0.05, 0) is 80.9 Å². The van der Waals surface area contributed by atoms with E-state index in [1.165, 1.54) is 12.1 Å².